The lowest BCUT2D eigenvalue weighted by molar-refractivity contribution is -0.117. The molecule has 1 aromatic carbocycles. The molecule has 1 aromatic rings. The van der Waals surface area contributed by atoms with E-state index < -0.39 is 23.7 Å². The molecule has 3 N–H and O–H groups in total. The lowest BCUT2D eigenvalue weighted by Gasteiger charge is -2.04. The van der Waals surface area contributed by atoms with Crippen LogP contribution in [0.2, 0.25) is 0 Å². The van der Waals surface area contributed by atoms with E-state index in [4.69, 9.17) is 5.11 Å². The predicted molar refractivity (Wildman–Crippen MR) is 73.5 cm³/mol. The van der Waals surface area contributed by atoms with Gasteiger partial charge in [0.05, 0.1) is 6.10 Å². The highest BCUT2D eigenvalue weighted by molar-refractivity contribution is 6.03. The summed E-state index contributed by atoms with van der Waals surface area (Å²) in [5.74, 6) is -1.29. The van der Waals surface area contributed by atoms with Gasteiger partial charge in [0.25, 0.3) is 0 Å². The number of carbonyl (C=O) groups excluding carboxylic acids is 2. The number of rotatable bonds is 6. The molecule has 0 radical (unpaired) electrons. The van der Waals surface area contributed by atoms with E-state index >= 15 is 0 Å². The Morgan fingerprint density at radius 2 is 1.85 bits per heavy atom. The van der Waals surface area contributed by atoms with Crippen LogP contribution in [-0.4, -0.2) is 29.6 Å². The molecule has 0 saturated carbocycles. The third-order valence-electron chi connectivity index (χ3n) is 2.36. The van der Waals surface area contributed by atoms with Gasteiger partial charge in [0.1, 0.15) is 5.82 Å². The van der Waals surface area contributed by atoms with Crippen LogP contribution in [0.1, 0.15) is 13.3 Å². The molecule has 0 spiro atoms. The van der Waals surface area contributed by atoms with E-state index in [0.717, 1.165) is 12.2 Å². The average Bonchev–Trinajstić information content (AvgIpc) is 2.39. The van der Waals surface area contributed by atoms with Gasteiger partial charge in [-0.05, 0) is 37.6 Å². The fourth-order valence-electron chi connectivity index (χ4n) is 1.33. The Balaban J connectivity index is 2.35. The molecule has 0 aromatic heterocycles. The number of hydrogen-bond donors (Lipinski definition) is 3. The maximum Gasteiger partial charge on any atom is 0.248 e. The third-order valence-corrected chi connectivity index (χ3v) is 2.36. The Labute approximate surface area is 116 Å². The van der Waals surface area contributed by atoms with E-state index in [1.54, 1.807) is 6.92 Å². The molecular weight excluding hydrogens is 263 g/mol. The van der Waals surface area contributed by atoms with Gasteiger partial charge in [0, 0.05) is 24.4 Å². The molecule has 6 heteroatoms. The molecule has 5 nitrogen and oxygen atoms in total. The molecule has 0 fully saturated rings. The van der Waals surface area contributed by atoms with Crippen molar-refractivity contribution >= 4 is 17.5 Å². The number of aliphatic hydroxyl groups is 1. The minimum atomic E-state index is -0.485. The summed E-state index contributed by atoms with van der Waals surface area (Å²) in [5.41, 5.74) is 0.440. The second kappa shape index (κ2) is 8.06. The van der Waals surface area contributed by atoms with Crippen LogP contribution in [0.5, 0.6) is 0 Å². The zero-order chi connectivity index (χ0) is 15.0. The van der Waals surface area contributed by atoms with E-state index in [9.17, 15) is 14.0 Å². The topological polar surface area (TPSA) is 78.4 Å². The Kier molecular flexibility index (Phi) is 6.39. The number of anilines is 1. The molecule has 20 heavy (non-hydrogen) atoms. The first kappa shape index (κ1) is 15.8. The lowest BCUT2D eigenvalue weighted by Crippen LogP contribution is -2.25. The van der Waals surface area contributed by atoms with E-state index in [1.165, 1.54) is 24.3 Å². The molecule has 1 rings (SSSR count). The van der Waals surface area contributed by atoms with E-state index in [-0.39, 0.29) is 0 Å². The van der Waals surface area contributed by atoms with Crippen molar-refractivity contribution in [1.29, 1.82) is 0 Å². The summed E-state index contributed by atoms with van der Waals surface area (Å²) < 4.78 is 12.7. The summed E-state index contributed by atoms with van der Waals surface area (Å²) in [7, 11) is 0. The fraction of sp³-hybridized carbons (Fsp3) is 0.286. The van der Waals surface area contributed by atoms with Crippen LogP contribution < -0.4 is 10.6 Å². The molecule has 2 amide bonds. The van der Waals surface area contributed by atoms with Crippen LogP contribution in [-0.2, 0) is 9.59 Å². The van der Waals surface area contributed by atoms with Gasteiger partial charge < -0.3 is 15.7 Å². The number of halogens is 1. The van der Waals surface area contributed by atoms with Gasteiger partial charge >= 0.3 is 0 Å². The summed E-state index contributed by atoms with van der Waals surface area (Å²) in [4.78, 5) is 22.8. The van der Waals surface area contributed by atoms with Crippen molar-refractivity contribution in [2.24, 2.45) is 0 Å². The van der Waals surface area contributed by atoms with Crippen molar-refractivity contribution in [2.75, 3.05) is 11.9 Å². The molecule has 0 bridgehead atoms. The van der Waals surface area contributed by atoms with Crippen LogP contribution >= 0.6 is 0 Å². The zero-order valence-corrected chi connectivity index (χ0v) is 11.1. The average molecular weight is 280 g/mol. The monoisotopic (exact) mass is 280 g/mol. The smallest absolute Gasteiger partial charge is 0.248 e. The highest BCUT2D eigenvalue weighted by Crippen LogP contribution is 2.07. The Bertz CT molecular complexity index is 484. The molecule has 108 valence electrons. The second-order valence-electron chi connectivity index (χ2n) is 4.26. The number of aliphatic hydroxyl groups excluding tert-OH is 1. The fourth-order valence-corrected chi connectivity index (χ4v) is 1.33. The number of benzene rings is 1. The SMILES string of the molecule is CC(O)CCNC(=O)/C=C/C(=O)Nc1ccc(F)cc1. The molecular formula is C14H17FN2O3. The Morgan fingerprint density at radius 1 is 1.25 bits per heavy atom. The number of nitrogens with one attached hydrogen (secondary N) is 2. The standard InChI is InChI=1S/C14H17FN2O3/c1-10(18)8-9-16-13(19)6-7-14(20)17-12-4-2-11(15)3-5-12/h2-7,10,18H,8-9H2,1H3,(H,16,19)(H,17,20)/b7-6+. The Morgan fingerprint density at radius 3 is 2.45 bits per heavy atom. The van der Waals surface area contributed by atoms with Crippen molar-refractivity contribution in [3.63, 3.8) is 0 Å². The molecule has 1 unspecified atom stereocenters. The molecule has 0 heterocycles. The van der Waals surface area contributed by atoms with Gasteiger partial charge in [0.15, 0.2) is 0 Å². The Hall–Kier alpha value is -2.21. The summed E-state index contributed by atoms with van der Waals surface area (Å²) in [6.07, 6.45) is 2.14. The molecule has 0 aliphatic heterocycles. The van der Waals surface area contributed by atoms with Crippen LogP contribution in [0.3, 0.4) is 0 Å². The summed E-state index contributed by atoms with van der Waals surface area (Å²) in [6.45, 7) is 1.96. The quantitative estimate of drug-likeness (QED) is 0.685. The number of amides is 2. The van der Waals surface area contributed by atoms with Gasteiger partial charge in [-0.3, -0.25) is 9.59 Å². The third kappa shape index (κ3) is 6.65. The van der Waals surface area contributed by atoms with Gasteiger partial charge in [-0.1, -0.05) is 0 Å². The summed E-state index contributed by atoms with van der Waals surface area (Å²) in [5, 5.41) is 14.0. The highest BCUT2D eigenvalue weighted by Gasteiger charge is 2.01. The van der Waals surface area contributed by atoms with E-state index in [0.29, 0.717) is 18.7 Å². The summed E-state index contributed by atoms with van der Waals surface area (Å²) in [6, 6.07) is 5.29. The van der Waals surface area contributed by atoms with Crippen LogP contribution in [0.15, 0.2) is 36.4 Å². The minimum Gasteiger partial charge on any atom is -0.393 e. The molecule has 0 aliphatic rings. The number of hydrogen-bond acceptors (Lipinski definition) is 3. The normalized spacial score (nSPS) is 12.2. The van der Waals surface area contributed by atoms with E-state index in [1.807, 2.05) is 0 Å². The molecule has 0 saturated heterocycles. The first-order valence-corrected chi connectivity index (χ1v) is 6.18. The van der Waals surface area contributed by atoms with Crippen LogP contribution in [0.4, 0.5) is 10.1 Å². The maximum atomic E-state index is 12.7. The van der Waals surface area contributed by atoms with Crippen molar-refractivity contribution in [2.45, 2.75) is 19.4 Å². The van der Waals surface area contributed by atoms with Crippen LogP contribution in [0, 0.1) is 5.82 Å². The lowest BCUT2D eigenvalue weighted by atomic mass is 10.3. The van der Waals surface area contributed by atoms with Crippen molar-refractivity contribution in [1.82, 2.24) is 5.32 Å². The zero-order valence-electron chi connectivity index (χ0n) is 11.1. The first-order chi connectivity index (χ1) is 9.47. The van der Waals surface area contributed by atoms with Crippen molar-refractivity contribution < 1.29 is 19.1 Å². The van der Waals surface area contributed by atoms with Gasteiger partial charge in [0.2, 0.25) is 11.8 Å². The second-order valence-corrected chi connectivity index (χ2v) is 4.26. The van der Waals surface area contributed by atoms with E-state index in [2.05, 4.69) is 10.6 Å². The van der Waals surface area contributed by atoms with Crippen molar-refractivity contribution in [3.05, 3.63) is 42.2 Å². The van der Waals surface area contributed by atoms with Gasteiger partial charge in [-0.15, -0.1) is 0 Å². The highest BCUT2D eigenvalue weighted by atomic mass is 19.1. The van der Waals surface area contributed by atoms with Gasteiger partial charge in [-0.25, -0.2) is 4.39 Å². The predicted octanol–water partition coefficient (Wildman–Crippen LogP) is 1.21. The van der Waals surface area contributed by atoms with Crippen LogP contribution in [0.25, 0.3) is 0 Å². The largest absolute Gasteiger partial charge is 0.393 e. The molecule has 0 aliphatic carbocycles. The van der Waals surface area contributed by atoms with Gasteiger partial charge in [-0.2, -0.15) is 0 Å². The summed E-state index contributed by atoms with van der Waals surface area (Å²) >= 11 is 0. The molecule has 1 atom stereocenters. The first-order valence-electron chi connectivity index (χ1n) is 6.18. The minimum absolute atomic E-state index is 0.334. The number of carbonyl (C=O) groups is 2. The maximum absolute atomic E-state index is 12.7. The van der Waals surface area contributed by atoms with Crippen molar-refractivity contribution in [3.8, 4) is 0 Å².